The van der Waals surface area contributed by atoms with E-state index in [-0.39, 0.29) is 23.5 Å². The molecule has 2 aromatic carbocycles. The fourth-order valence-electron chi connectivity index (χ4n) is 4.49. The second-order valence-electron chi connectivity index (χ2n) is 8.77. The van der Waals surface area contributed by atoms with Gasteiger partial charge in [0.1, 0.15) is 0 Å². The summed E-state index contributed by atoms with van der Waals surface area (Å²) in [6.07, 6.45) is 6.04. The molecule has 2 fully saturated rings. The highest BCUT2D eigenvalue weighted by molar-refractivity contribution is 7.89. The summed E-state index contributed by atoms with van der Waals surface area (Å²) < 4.78 is 33.1. The quantitative estimate of drug-likeness (QED) is 0.658. The van der Waals surface area contributed by atoms with Crippen LogP contribution >= 0.6 is 0 Å². The molecule has 2 saturated heterocycles. The molecule has 2 aliphatic heterocycles. The van der Waals surface area contributed by atoms with Gasteiger partial charge in [0.15, 0.2) is 0 Å². The fraction of sp³-hybridized carbons (Fsp3) is 0.480. The molecule has 0 aliphatic carbocycles. The van der Waals surface area contributed by atoms with Crippen molar-refractivity contribution in [1.29, 1.82) is 0 Å². The number of hydrogen-bond donors (Lipinski definition) is 1. The molecule has 2 aromatic rings. The molecule has 32 heavy (non-hydrogen) atoms. The molecule has 1 N–H and O–H groups in total. The van der Waals surface area contributed by atoms with Gasteiger partial charge in [-0.25, -0.2) is 13.1 Å². The molecule has 1 unspecified atom stereocenters. The first-order chi connectivity index (χ1) is 15.5. The number of carbonyl (C=O) groups is 1. The van der Waals surface area contributed by atoms with E-state index in [1.807, 2.05) is 11.0 Å². The van der Waals surface area contributed by atoms with Gasteiger partial charge >= 0.3 is 0 Å². The summed E-state index contributed by atoms with van der Waals surface area (Å²) >= 11 is 0. The number of aryl methyl sites for hydroxylation is 1. The first-order valence-corrected chi connectivity index (χ1v) is 13.0. The largest absolute Gasteiger partial charge is 0.377 e. The van der Waals surface area contributed by atoms with Gasteiger partial charge in [0.25, 0.3) is 5.91 Å². The van der Waals surface area contributed by atoms with Crippen molar-refractivity contribution in [2.45, 2.75) is 49.5 Å². The third-order valence-corrected chi connectivity index (χ3v) is 7.96. The number of hydrogen-bond acceptors (Lipinski definition) is 4. The molecule has 2 heterocycles. The summed E-state index contributed by atoms with van der Waals surface area (Å²) in [5.74, 6) is 0.615. The Morgan fingerprint density at radius 2 is 1.72 bits per heavy atom. The number of likely N-dealkylation sites (tertiary alicyclic amines) is 1. The fourth-order valence-corrected chi connectivity index (χ4v) is 5.56. The lowest BCUT2D eigenvalue weighted by Gasteiger charge is -2.32. The first kappa shape index (κ1) is 23.0. The van der Waals surface area contributed by atoms with Crippen LogP contribution in [-0.4, -0.2) is 51.6 Å². The summed E-state index contributed by atoms with van der Waals surface area (Å²) in [5.41, 5.74) is 1.90. The Morgan fingerprint density at radius 3 is 2.38 bits per heavy atom. The molecule has 2 aliphatic rings. The zero-order valence-corrected chi connectivity index (χ0v) is 19.2. The molecular formula is C25H32N2O4S. The van der Waals surface area contributed by atoms with Crippen molar-refractivity contribution in [3.05, 3.63) is 65.7 Å². The molecule has 0 aromatic heterocycles. The summed E-state index contributed by atoms with van der Waals surface area (Å²) in [4.78, 5) is 15.0. The Morgan fingerprint density at radius 1 is 1.00 bits per heavy atom. The van der Waals surface area contributed by atoms with Crippen LogP contribution in [0.15, 0.2) is 59.5 Å². The van der Waals surface area contributed by atoms with Gasteiger partial charge in [-0.1, -0.05) is 30.3 Å². The number of rotatable bonds is 8. The van der Waals surface area contributed by atoms with Crippen LogP contribution in [0.1, 0.15) is 48.0 Å². The third kappa shape index (κ3) is 5.97. The van der Waals surface area contributed by atoms with Crippen LogP contribution in [0.2, 0.25) is 0 Å². The average molecular weight is 457 g/mol. The predicted molar refractivity (Wildman–Crippen MR) is 124 cm³/mol. The van der Waals surface area contributed by atoms with Gasteiger partial charge in [-0.3, -0.25) is 4.79 Å². The molecule has 6 nitrogen and oxygen atoms in total. The highest BCUT2D eigenvalue weighted by Crippen LogP contribution is 2.24. The van der Waals surface area contributed by atoms with E-state index in [9.17, 15) is 13.2 Å². The smallest absolute Gasteiger partial charge is 0.253 e. The highest BCUT2D eigenvalue weighted by Gasteiger charge is 2.24. The van der Waals surface area contributed by atoms with E-state index in [1.54, 1.807) is 12.1 Å². The number of ether oxygens (including phenoxy) is 1. The highest BCUT2D eigenvalue weighted by atomic mass is 32.2. The Kier molecular flexibility index (Phi) is 7.60. The summed E-state index contributed by atoms with van der Waals surface area (Å²) in [7, 11) is -3.61. The number of carbonyl (C=O) groups excluding carboxylic acids is 1. The lowest BCUT2D eigenvalue weighted by molar-refractivity contribution is 0.0687. The van der Waals surface area contributed by atoms with Crippen LogP contribution in [0.5, 0.6) is 0 Å². The molecule has 1 atom stereocenters. The number of benzene rings is 2. The summed E-state index contributed by atoms with van der Waals surface area (Å²) in [6.45, 7) is 2.47. The first-order valence-electron chi connectivity index (χ1n) is 11.6. The molecule has 172 valence electrons. The van der Waals surface area contributed by atoms with Crippen LogP contribution in [0.25, 0.3) is 0 Å². The average Bonchev–Trinajstić information content (AvgIpc) is 3.36. The molecule has 4 rings (SSSR count). The number of amides is 1. The van der Waals surface area contributed by atoms with E-state index in [4.69, 9.17) is 4.74 Å². The van der Waals surface area contributed by atoms with E-state index < -0.39 is 10.0 Å². The second kappa shape index (κ2) is 10.6. The van der Waals surface area contributed by atoms with E-state index in [1.165, 1.54) is 17.7 Å². The summed E-state index contributed by atoms with van der Waals surface area (Å²) in [5, 5.41) is 0. The van der Waals surface area contributed by atoms with Crippen LogP contribution in [0.3, 0.4) is 0 Å². The van der Waals surface area contributed by atoms with Gasteiger partial charge < -0.3 is 9.64 Å². The van der Waals surface area contributed by atoms with Crippen LogP contribution in [-0.2, 0) is 21.2 Å². The lowest BCUT2D eigenvalue weighted by Crippen LogP contribution is -2.38. The standard InChI is InChI=1S/C25H32N2O4S/c28-25(27-16-14-21(15-17-27)9-8-20-5-2-1-3-6-20)22-10-12-24(13-11-22)32(29,30)26-19-23-7-4-18-31-23/h1-3,5-6,10-13,21,23,26H,4,7-9,14-19H2. The lowest BCUT2D eigenvalue weighted by atomic mass is 9.90. The Hall–Kier alpha value is -2.22. The molecule has 1 amide bonds. The van der Waals surface area contributed by atoms with Crippen molar-refractivity contribution in [1.82, 2.24) is 9.62 Å². The topological polar surface area (TPSA) is 75.7 Å². The predicted octanol–water partition coefficient (Wildman–Crippen LogP) is 3.63. The zero-order chi connectivity index (χ0) is 22.4. The van der Waals surface area contributed by atoms with Crippen molar-refractivity contribution in [3.63, 3.8) is 0 Å². The van der Waals surface area contributed by atoms with Gasteiger partial charge in [0.2, 0.25) is 10.0 Å². The normalized spacial score (nSPS) is 19.9. The Bertz CT molecular complexity index is 978. The SMILES string of the molecule is O=C(c1ccc(S(=O)(=O)NCC2CCCO2)cc1)N1CCC(CCc2ccccc2)CC1. The van der Waals surface area contributed by atoms with Gasteiger partial charge in [0.05, 0.1) is 11.0 Å². The number of nitrogens with one attached hydrogen (secondary N) is 1. The summed E-state index contributed by atoms with van der Waals surface area (Å²) in [6, 6.07) is 16.8. The van der Waals surface area contributed by atoms with Crippen molar-refractivity contribution < 1.29 is 17.9 Å². The van der Waals surface area contributed by atoms with Gasteiger partial charge in [-0.15, -0.1) is 0 Å². The second-order valence-corrected chi connectivity index (χ2v) is 10.5. The molecule has 0 radical (unpaired) electrons. The minimum absolute atomic E-state index is 0.0252. The van der Waals surface area contributed by atoms with E-state index in [2.05, 4.69) is 29.0 Å². The van der Waals surface area contributed by atoms with E-state index in [0.717, 1.165) is 51.6 Å². The molecule has 7 heteroatoms. The number of nitrogens with zero attached hydrogens (tertiary/aromatic N) is 1. The molecular weight excluding hydrogens is 424 g/mol. The van der Waals surface area contributed by atoms with Gasteiger partial charge in [0, 0.05) is 31.8 Å². The van der Waals surface area contributed by atoms with Crippen molar-refractivity contribution in [3.8, 4) is 0 Å². The zero-order valence-electron chi connectivity index (χ0n) is 18.4. The molecule has 0 spiro atoms. The molecule has 0 saturated carbocycles. The number of sulfonamides is 1. The maximum atomic E-state index is 12.9. The Balaban J connectivity index is 1.26. The minimum atomic E-state index is -3.61. The maximum Gasteiger partial charge on any atom is 0.253 e. The van der Waals surface area contributed by atoms with E-state index >= 15 is 0 Å². The van der Waals surface area contributed by atoms with Crippen molar-refractivity contribution in [2.75, 3.05) is 26.2 Å². The van der Waals surface area contributed by atoms with Crippen LogP contribution in [0, 0.1) is 5.92 Å². The van der Waals surface area contributed by atoms with Gasteiger partial charge in [-0.05, 0) is 74.3 Å². The number of piperidine rings is 1. The van der Waals surface area contributed by atoms with E-state index in [0.29, 0.717) is 18.1 Å². The molecule has 0 bridgehead atoms. The van der Waals surface area contributed by atoms with Crippen LogP contribution < -0.4 is 4.72 Å². The monoisotopic (exact) mass is 456 g/mol. The van der Waals surface area contributed by atoms with Crippen molar-refractivity contribution in [2.24, 2.45) is 5.92 Å². The van der Waals surface area contributed by atoms with Crippen LogP contribution in [0.4, 0.5) is 0 Å². The Labute approximate surface area is 191 Å². The minimum Gasteiger partial charge on any atom is -0.377 e. The van der Waals surface area contributed by atoms with Gasteiger partial charge in [-0.2, -0.15) is 0 Å². The third-order valence-electron chi connectivity index (χ3n) is 6.52. The van der Waals surface area contributed by atoms with Crippen molar-refractivity contribution >= 4 is 15.9 Å². The maximum absolute atomic E-state index is 12.9.